The number of aryl methyl sites for hydroxylation is 1. The molecule has 2 N–H and O–H groups in total. The lowest BCUT2D eigenvalue weighted by Gasteiger charge is -2.17. The van der Waals surface area contributed by atoms with Crippen molar-refractivity contribution in [2.75, 3.05) is 20.6 Å². The lowest BCUT2D eigenvalue weighted by molar-refractivity contribution is 0.383. The molecule has 18 heavy (non-hydrogen) atoms. The van der Waals surface area contributed by atoms with Crippen LogP contribution in [0.2, 0.25) is 0 Å². The molecule has 1 aromatic carbocycles. The van der Waals surface area contributed by atoms with Crippen molar-refractivity contribution in [3.05, 3.63) is 28.8 Å². The highest BCUT2D eigenvalue weighted by Crippen LogP contribution is 2.27. The summed E-state index contributed by atoms with van der Waals surface area (Å²) in [6.45, 7) is 4.00. The molecule has 3 nitrogen and oxygen atoms in total. The van der Waals surface area contributed by atoms with Gasteiger partial charge in [0.2, 0.25) is 0 Å². The molecule has 0 saturated carbocycles. The Morgan fingerprint density at radius 1 is 1.33 bits per heavy atom. The maximum atomic E-state index is 10.4. The van der Waals surface area contributed by atoms with E-state index in [-0.39, 0.29) is 0 Å². The van der Waals surface area contributed by atoms with Crippen LogP contribution in [0.3, 0.4) is 0 Å². The number of phenols is 1. The van der Waals surface area contributed by atoms with Crippen molar-refractivity contribution in [3.63, 3.8) is 0 Å². The molecule has 3 heteroatoms. The van der Waals surface area contributed by atoms with E-state index in [1.807, 2.05) is 14.1 Å². The third-order valence-electron chi connectivity index (χ3n) is 3.53. The highest BCUT2D eigenvalue weighted by Gasteiger charge is 2.18. The molecule has 0 aromatic heterocycles. The van der Waals surface area contributed by atoms with E-state index >= 15 is 0 Å². The number of phenolic OH excluding ortho intramolecular Hbond substituents is 1. The van der Waals surface area contributed by atoms with E-state index < -0.39 is 0 Å². The van der Waals surface area contributed by atoms with Crippen LogP contribution in [0.15, 0.2) is 12.1 Å². The molecule has 0 amide bonds. The molecule has 1 aliphatic heterocycles. The van der Waals surface area contributed by atoms with Crippen molar-refractivity contribution in [2.45, 2.75) is 38.8 Å². The van der Waals surface area contributed by atoms with Gasteiger partial charge in [-0.05, 0) is 52.4 Å². The van der Waals surface area contributed by atoms with Crippen molar-refractivity contribution in [2.24, 2.45) is 0 Å². The Kier molecular flexibility index (Phi) is 4.25. The lowest BCUT2D eigenvalue weighted by Crippen LogP contribution is -2.23. The summed E-state index contributed by atoms with van der Waals surface area (Å²) in [5.74, 6) is 0.489. The van der Waals surface area contributed by atoms with Crippen molar-refractivity contribution in [1.29, 1.82) is 0 Å². The predicted octanol–water partition coefficient (Wildman–Crippen LogP) is 2.06. The van der Waals surface area contributed by atoms with Gasteiger partial charge in [0.05, 0.1) is 0 Å². The molecule has 1 atom stereocenters. The maximum Gasteiger partial charge on any atom is 0.123 e. The zero-order valence-corrected chi connectivity index (χ0v) is 11.7. The molecular weight excluding hydrogens is 224 g/mol. The first-order chi connectivity index (χ1) is 8.56. The van der Waals surface area contributed by atoms with Crippen LogP contribution in [-0.2, 0) is 13.0 Å². The first kappa shape index (κ1) is 13.4. The molecule has 100 valence electrons. The van der Waals surface area contributed by atoms with Gasteiger partial charge in [0, 0.05) is 18.2 Å². The maximum absolute atomic E-state index is 10.4. The van der Waals surface area contributed by atoms with Crippen molar-refractivity contribution >= 4 is 0 Å². The quantitative estimate of drug-likeness (QED) is 0.856. The van der Waals surface area contributed by atoms with Gasteiger partial charge >= 0.3 is 0 Å². The zero-order chi connectivity index (χ0) is 13.1. The molecule has 1 aliphatic rings. The van der Waals surface area contributed by atoms with Crippen LogP contribution in [0.4, 0.5) is 0 Å². The summed E-state index contributed by atoms with van der Waals surface area (Å²) >= 11 is 0. The molecule has 0 radical (unpaired) electrons. The SMILES string of the molecule is Cc1cc(CC2CCCN2)c(O)c(CN(C)C)c1. The van der Waals surface area contributed by atoms with Gasteiger partial charge in [0.15, 0.2) is 0 Å². The Balaban J connectivity index is 2.20. The zero-order valence-electron chi connectivity index (χ0n) is 11.7. The van der Waals surface area contributed by atoms with Gasteiger partial charge in [-0.25, -0.2) is 0 Å². The Labute approximate surface area is 110 Å². The van der Waals surface area contributed by atoms with Crippen LogP contribution in [0.5, 0.6) is 5.75 Å². The monoisotopic (exact) mass is 248 g/mol. The number of hydrogen-bond donors (Lipinski definition) is 2. The summed E-state index contributed by atoms with van der Waals surface area (Å²) in [7, 11) is 4.06. The number of aromatic hydroxyl groups is 1. The summed E-state index contributed by atoms with van der Waals surface area (Å²) in [5.41, 5.74) is 3.36. The molecule has 1 aromatic rings. The number of benzene rings is 1. The van der Waals surface area contributed by atoms with E-state index in [1.54, 1.807) is 0 Å². The van der Waals surface area contributed by atoms with E-state index in [0.29, 0.717) is 11.8 Å². The number of rotatable bonds is 4. The van der Waals surface area contributed by atoms with Crippen LogP contribution in [0.1, 0.15) is 29.5 Å². The molecular formula is C15H24N2O. The third kappa shape index (κ3) is 3.24. The molecule has 0 aliphatic carbocycles. The van der Waals surface area contributed by atoms with Crippen LogP contribution in [-0.4, -0.2) is 36.7 Å². The van der Waals surface area contributed by atoms with Crippen LogP contribution in [0.25, 0.3) is 0 Å². The first-order valence-electron chi connectivity index (χ1n) is 6.75. The van der Waals surface area contributed by atoms with Gasteiger partial charge < -0.3 is 15.3 Å². The summed E-state index contributed by atoms with van der Waals surface area (Å²) in [6, 6.07) is 4.74. The molecule has 1 fully saturated rings. The Hall–Kier alpha value is -1.06. The molecule has 0 bridgehead atoms. The number of nitrogens with one attached hydrogen (secondary N) is 1. The van der Waals surface area contributed by atoms with Crippen LogP contribution in [0, 0.1) is 6.92 Å². The van der Waals surface area contributed by atoms with E-state index in [9.17, 15) is 5.11 Å². The minimum absolute atomic E-state index is 0.489. The molecule has 1 saturated heterocycles. The fraction of sp³-hybridized carbons (Fsp3) is 0.600. The molecule has 1 unspecified atom stereocenters. The number of nitrogens with zero attached hydrogens (tertiary/aromatic N) is 1. The highest BCUT2D eigenvalue weighted by atomic mass is 16.3. The Bertz CT molecular complexity index is 409. The fourth-order valence-electron chi connectivity index (χ4n) is 2.75. The van der Waals surface area contributed by atoms with E-state index in [1.165, 1.54) is 18.4 Å². The van der Waals surface area contributed by atoms with Crippen LogP contribution < -0.4 is 5.32 Å². The third-order valence-corrected chi connectivity index (χ3v) is 3.53. The van der Waals surface area contributed by atoms with Crippen molar-refractivity contribution < 1.29 is 5.11 Å². The average molecular weight is 248 g/mol. The van der Waals surface area contributed by atoms with E-state index in [0.717, 1.165) is 30.6 Å². The van der Waals surface area contributed by atoms with Gasteiger partial charge in [-0.2, -0.15) is 0 Å². The van der Waals surface area contributed by atoms with Gasteiger partial charge in [0.1, 0.15) is 5.75 Å². The summed E-state index contributed by atoms with van der Waals surface area (Å²) < 4.78 is 0. The topological polar surface area (TPSA) is 35.5 Å². The summed E-state index contributed by atoms with van der Waals surface area (Å²) in [4.78, 5) is 2.09. The first-order valence-corrected chi connectivity index (χ1v) is 6.75. The lowest BCUT2D eigenvalue weighted by atomic mass is 9.98. The average Bonchev–Trinajstić information content (AvgIpc) is 2.77. The van der Waals surface area contributed by atoms with E-state index in [4.69, 9.17) is 0 Å². The Morgan fingerprint density at radius 2 is 2.06 bits per heavy atom. The minimum Gasteiger partial charge on any atom is -0.507 e. The Morgan fingerprint density at radius 3 is 2.67 bits per heavy atom. The minimum atomic E-state index is 0.489. The van der Waals surface area contributed by atoms with Gasteiger partial charge in [-0.15, -0.1) is 0 Å². The second-order valence-corrected chi connectivity index (χ2v) is 5.67. The second-order valence-electron chi connectivity index (χ2n) is 5.67. The van der Waals surface area contributed by atoms with Crippen LogP contribution >= 0.6 is 0 Å². The van der Waals surface area contributed by atoms with Gasteiger partial charge in [-0.1, -0.05) is 17.7 Å². The largest absolute Gasteiger partial charge is 0.507 e. The summed E-state index contributed by atoms with van der Waals surface area (Å²) in [5, 5.41) is 13.9. The number of hydrogen-bond acceptors (Lipinski definition) is 3. The molecule has 0 spiro atoms. The highest BCUT2D eigenvalue weighted by molar-refractivity contribution is 5.44. The summed E-state index contributed by atoms with van der Waals surface area (Å²) in [6.07, 6.45) is 3.41. The van der Waals surface area contributed by atoms with Gasteiger partial charge in [0.25, 0.3) is 0 Å². The fourth-order valence-corrected chi connectivity index (χ4v) is 2.75. The smallest absolute Gasteiger partial charge is 0.123 e. The van der Waals surface area contributed by atoms with E-state index in [2.05, 4.69) is 29.3 Å². The van der Waals surface area contributed by atoms with Gasteiger partial charge in [-0.3, -0.25) is 0 Å². The van der Waals surface area contributed by atoms with Crippen molar-refractivity contribution in [1.82, 2.24) is 10.2 Å². The second kappa shape index (κ2) is 5.72. The van der Waals surface area contributed by atoms with Crippen molar-refractivity contribution in [3.8, 4) is 5.75 Å². The molecule has 1 heterocycles. The molecule has 2 rings (SSSR count). The standard InChI is InChI=1S/C15H24N2O/c1-11-7-12(9-14-5-4-6-16-14)15(18)13(8-11)10-17(2)3/h7-8,14,16,18H,4-6,9-10H2,1-3H3. The normalized spacial score (nSPS) is 19.7. The predicted molar refractivity (Wildman–Crippen MR) is 75.0 cm³/mol.